The second kappa shape index (κ2) is 18.9. The summed E-state index contributed by atoms with van der Waals surface area (Å²) in [5, 5.41) is 11.7. The van der Waals surface area contributed by atoms with E-state index in [2.05, 4.69) is 86.7 Å². The molecule has 0 radical (unpaired) electrons. The second-order valence-electron chi connectivity index (χ2n) is 17.1. The van der Waals surface area contributed by atoms with Gasteiger partial charge in [0.25, 0.3) is 0 Å². The van der Waals surface area contributed by atoms with Crippen molar-refractivity contribution in [2.75, 3.05) is 13.2 Å². The lowest BCUT2D eigenvalue weighted by Crippen LogP contribution is -2.11. The first-order valence-electron chi connectivity index (χ1n) is 23.0. The van der Waals surface area contributed by atoms with Crippen molar-refractivity contribution in [1.82, 2.24) is 0 Å². The molecule has 0 saturated carbocycles. The fourth-order valence-corrected chi connectivity index (χ4v) is 10.1. The van der Waals surface area contributed by atoms with E-state index in [0.717, 1.165) is 84.9 Å². The molecule has 0 atom stereocenters. The van der Waals surface area contributed by atoms with Gasteiger partial charge >= 0.3 is 11.9 Å². The predicted octanol–water partition coefficient (Wildman–Crippen LogP) is 16.1. The normalized spacial score (nSPS) is 12.5. The number of hydrogen-bond donors (Lipinski definition) is 0. The van der Waals surface area contributed by atoms with Crippen LogP contribution in [0.2, 0.25) is 0 Å². The van der Waals surface area contributed by atoms with Crippen LogP contribution in [-0.4, -0.2) is 25.2 Å². The van der Waals surface area contributed by atoms with E-state index >= 15 is 0 Å². The van der Waals surface area contributed by atoms with Crippen molar-refractivity contribution < 1.29 is 19.1 Å². The predicted molar refractivity (Wildman–Crippen MR) is 247 cm³/mol. The van der Waals surface area contributed by atoms with Crippen molar-refractivity contribution in [2.45, 2.75) is 142 Å². The van der Waals surface area contributed by atoms with Gasteiger partial charge in [-0.25, -0.2) is 9.59 Å². The summed E-state index contributed by atoms with van der Waals surface area (Å²) in [5.74, 6) is -0.617. The molecule has 7 aromatic carbocycles. The number of carbonyl (C=O) groups excluding carboxylic acids is 2. The summed E-state index contributed by atoms with van der Waals surface area (Å²) in [6, 6.07) is 21.2. The van der Waals surface area contributed by atoms with Crippen molar-refractivity contribution in [1.29, 1.82) is 0 Å². The first-order valence-corrected chi connectivity index (χ1v) is 23.0. The molecule has 1 aliphatic carbocycles. The number of ether oxygens (including phenoxy) is 2. The zero-order valence-electron chi connectivity index (χ0n) is 35.1. The fraction of sp³-hybridized carbons (Fsp3) is 0.444. The average molecular weight is 775 g/mol. The highest BCUT2D eigenvalue weighted by Crippen LogP contribution is 2.52. The number of hydrogen-bond acceptors (Lipinski definition) is 4. The molecule has 0 spiro atoms. The summed E-state index contributed by atoms with van der Waals surface area (Å²) < 4.78 is 12.6. The van der Waals surface area contributed by atoms with Gasteiger partial charge in [0.1, 0.15) is 0 Å². The fourth-order valence-electron chi connectivity index (χ4n) is 10.1. The van der Waals surface area contributed by atoms with Gasteiger partial charge in [-0.1, -0.05) is 202 Å². The topological polar surface area (TPSA) is 52.6 Å². The molecule has 0 fully saturated rings. The Morgan fingerprint density at radius 2 is 0.741 bits per heavy atom. The quantitative estimate of drug-likeness (QED) is 0.0453. The Hall–Kier alpha value is -4.70. The van der Waals surface area contributed by atoms with Crippen LogP contribution in [-0.2, 0) is 9.47 Å². The third-order valence-corrected chi connectivity index (χ3v) is 13.0. The SMILES string of the molecule is CCCCCCCCCCCCOC(=O)c1c2c3cccc4cccc(c2c(C(=O)OCCCCCCCCCCCC)c2c5ccc6c7c(ccc(c12)c75)C=C6)c43. The Bertz CT molecular complexity index is 2370. The third kappa shape index (κ3) is 7.88. The van der Waals surface area contributed by atoms with Crippen LogP contribution < -0.4 is 0 Å². The molecule has 8 rings (SSSR count). The first kappa shape index (κ1) is 40.1. The summed E-state index contributed by atoms with van der Waals surface area (Å²) in [6.07, 6.45) is 28.8. The van der Waals surface area contributed by atoms with Crippen LogP contribution in [0.1, 0.15) is 174 Å². The molecule has 0 unspecified atom stereocenters. The standard InChI is InChI=1S/C54H62O4/c1-3-5-7-9-11-13-15-17-19-21-35-57-53(55)51-47-40-27-23-25-37-26-24-28-41(45(37)40)48(47)52(54(56)58-36-22-20-18-16-14-12-10-8-6-4-2)50-43-34-32-39-30-29-38-31-33-42(49(50)51)46(43)44(38)39/h23-34H,3-22,35-36H2,1-2H3. The maximum absolute atomic E-state index is 14.8. The van der Waals surface area contributed by atoms with E-state index in [-0.39, 0.29) is 11.9 Å². The van der Waals surface area contributed by atoms with E-state index in [9.17, 15) is 9.59 Å². The van der Waals surface area contributed by atoms with Crippen LogP contribution in [0.15, 0.2) is 60.7 Å². The second-order valence-corrected chi connectivity index (χ2v) is 17.1. The summed E-state index contributed by atoms with van der Waals surface area (Å²) >= 11 is 0. The minimum absolute atomic E-state index is 0.309. The minimum Gasteiger partial charge on any atom is -0.462 e. The lowest BCUT2D eigenvalue weighted by atomic mass is 9.93. The van der Waals surface area contributed by atoms with Gasteiger partial charge in [0.15, 0.2) is 0 Å². The highest BCUT2D eigenvalue weighted by Gasteiger charge is 2.32. The maximum Gasteiger partial charge on any atom is 0.339 e. The molecule has 0 saturated heterocycles. The van der Waals surface area contributed by atoms with Gasteiger partial charge in [-0.2, -0.15) is 0 Å². The summed E-state index contributed by atoms with van der Waals surface area (Å²) in [4.78, 5) is 29.7. The maximum atomic E-state index is 14.8. The van der Waals surface area contributed by atoms with E-state index in [1.165, 1.54) is 119 Å². The molecule has 0 aliphatic heterocycles. The first-order chi connectivity index (χ1) is 28.6. The van der Waals surface area contributed by atoms with Crippen molar-refractivity contribution in [3.8, 4) is 0 Å². The van der Waals surface area contributed by atoms with E-state index in [0.29, 0.717) is 24.3 Å². The minimum atomic E-state index is -0.309. The van der Waals surface area contributed by atoms with E-state index in [4.69, 9.17) is 9.47 Å². The Morgan fingerprint density at radius 1 is 0.379 bits per heavy atom. The Balaban J connectivity index is 1.14. The monoisotopic (exact) mass is 774 g/mol. The van der Waals surface area contributed by atoms with Gasteiger partial charge in [-0.3, -0.25) is 0 Å². The molecule has 0 amide bonds. The van der Waals surface area contributed by atoms with E-state index < -0.39 is 0 Å². The third-order valence-electron chi connectivity index (χ3n) is 13.0. The molecule has 7 aromatic rings. The zero-order chi connectivity index (χ0) is 39.8. The van der Waals surface area contributed by atoms with E-state index in [1.54, 1.807) is 0 Å². The summed E-state index contributed by atoms with van der Waals surface area (Å²) in [7, 11) is 0. The zero-order valence-corrected chi connectivity index (χ0v) is 35.1. The van der Waals surface area contributed by atoms with Crippen LogP contribution in [0, 0.1) is 0 Å². The molecular weight excluding hydrogens is 713 g/mol. The average Bonchev–Trinajstić information content (AvgIpc) is 3.92. The molecule has 0 aromatic heterocycles. The van der Waals surface area contributed by atoms with Crippen LogP contribution in [0.25, 0.3) is 76.8 Å². The number of rotatable bonds is 24. The van der Waals surface area contributed by atoms with Gasteiger partial charge in [-0.15, -0.1) is 0 Å². The van der Waals surface area contributed by atoms with Gasteiger partial charge in [-0.05, 0) is 67.1 Å². The molecule has 0 N–H and O–H groups in total. The molecule has 4 heteroatoms. The smallest absolute Gasteiger partial charge is 0.339 e. The summed E-state index contributed by atoms with van der Waals surface area (Å²) in [5.41, 5.74) is 3.49. The molecule has 0 bridgehead atoms. The van der Waals surface area contributed by atoms with Gasteiger partial charge in [0.2, 0.25) is 0 Å². The largest absolute Gasteiger partial charge is 0.462 e. The molecule has 4 nitrogen and oxygen atoms in total. The van der Waals surface area contributed by atoms with Crippen LogP contribution in [0.5, 0.6) is 0 Å². The highest BCUT2D eigenvalue weighted by molar-refractivity contribution is 6.46. The number of carbonyl (C=O) groups is 2. The van der Waals surface area contributed by atoms with E-state index in [1.807, 2.05) is 0 Å². The van der Waals surface area contributed by atoms with Crippen molar-refractivity contribution in [3.63, 3.8) is 0 Å². The van der Waals surface area contributed by atoms with Crippen molar-refractivity contribution >= 4 is 88.7 Å². The Morgan fingerprint density at radius 3 is 1.14 bits per heavy atom. The van der Waals surface area contributed by atoms with Crippen molar-refractivity contribution in [3.05, 3.63) is 82.9 Å². The van der Waals surface area contributed by atoms with Crippen LogP contribution in [0.3, 0.4) is 0 Å². The van der Waals surface area contributed by atoms with Crippen LogP contribution in [0.4, 0.5) is 0 Å². The van der Waals surface area contributed by atoms with Gasteiger partial charge in [0, 0.05) is 21.5 Å². The number of unbranched alkanes of at least 4 members (excludes halogenated alkanes) is 18. The van der Waals surface area contributed by atoms with Crippen molar-refractivity contribution in [2.24, 2.45) is 0 Å². The molecule has 1 aliphatic rings. The molecule has 302 valence electrons. The van der Waals surface area contributed by atoms with Gasteiger partial charge in [0.05, 0.1) is 24.3 Å². The van der Waals surface area contributed by atoms with Crippen LogP contribution >= 0.6 is 0 Å². The number of fused-ring (bicyclic) bond motifs is 6. The van der Waals surface area contributed by atoms with Gasteiger partial charge < -0.3 is 9.47 Å². The lowest BCUT2D eigenvalue weighted by Gasteiger charge is -2.14. The molecular formula is C54H62O4. The molecule has 58 heavy (non-hydrogen) atoms. The highest BCUT2D eigenvalue weighted by atomic mass is 16.5. The Kier molecular flexibility index (Phi) is 13.1. The summed E-state index contributed by atoms with van der Waals surface area (Å²) in [6.45, 7) is 5.29. The lowest BCUT2D eigenvalue weighted by molar-refractivity contribution is 0.0490. The number of esters is 2. The number of benzene rings is 5. The molecule has 0 heterocycles. The Labute approximate surface area is 345 Å².